The summed E-state index contributed by atoms with van der Waals surface area (Å²) in [5, 5.41) is 17.9. The number of carbonyl (C=O) groups is 1. The quantitative estimate of drug-likeness (QED) is 0.652. The molecule has 1 rings (SSSR count). The molecule has 0 aliphatic carbocycles. The summed E-state index contributed by atoms with van der Waals surface area (Å²) in [6.45, 7) is 1.96. The fraction of sp³-hybridized carbons (Fsp3) is 0.900. The van der Waals surface area contributed by atoms with Crippen molar-refractivity contribution < 1.29 is 19.7 Å². The van der Waals surface area contributed by atoms with Crippen LogP contribution < -0.4 is 0 Å². The average molecular weight is 217 g/mol. The number of nitrogens with zero attached hydrogens (tertiary/aromatic N) is 1. The predicted molar refractivity (Wildman–Crippen MR) is 54.7 cm³/mol. The molecule has 1 aliphatic heterocycles. The van der Waals surface area contributed by atoms with E-state index in [1.54, 1.807) is 0 Å². The van der Waals surface area contributed by atoms with Crippen LogP contribution in [0.4, 0.5) is 0 Å². The number of ether oxygens (including phenoxy) is 1. The summed E-state index contributed by atoms with van der Waals surface area (Å²) < 4.78 is 5.45. The van der Waals surface area contributed by atoms with Crippen LogP contribution in [-0.4, -0.2) is 60.0 Å². The van der Waals surface area contributed by atoms with Gasteiger partial charge in [-0.2, -0.15) is 0 Å². The highest BCUT2D eigenvalue weighted by atomic mass is 16.5. The second kappa shape index (κ2) is 6.05. The number of aliphatic hydroxyl groups is 1. The molecule has 2 atom stereocenters. The first-order valence-corrected chi connectivity index (χ1v) is 5.28. The van der Waals surface area contributed by atoms with E-state index in [0.29, 0.717) is 6.54 Å². The van der Waals surface area contributed by atoms with Crippen molar-refractivity contribution in [1.82, 2.24) is 4.90 Å². The van der Waals surface area contributed by atoms with Gasteiger partial charge in [-0.25, -0.2) is 0 Å². The zero-order chi connectivity index (χ0) is 11.3. The smallest absolute Gasteiger partial charge is 0.306 e. The molecule has 15 heavy (non-hydrogen) atoms. The number of hydrogen-bond acceptors (Lipinski definition) is 4. The summed E-state index contributed by atoms with van der Waals surface area (Å²) in [5.41, 5.74) is 0. The Hall–Kier alpha value is -0.650. The van der Waals surface area contributed by atoms with Crippen molar-refractivity contribution in [3.63, 3.8) is 0 Å². The molecule has 1 saturated heterocycles. The molecule has 0 saturated carbocycles. The van der Waals surface area contributed by atoms with E-state index in [4.69, 9.17) is 9.84 Å². The topological polar surface area (TPSA) is 70.0 Å². The zero-order valence-electron chi connectivity index (χ0n) is 9.06. The van der Waals surface area contributed by atoms with Gasteiger partial charge in [-0.05, 0) is 19.9 Å². The summed E-state index contributed by atoms with van der Waals surface area (Å²) in [5.74, 6) is -0.965. The van der Waals surface area contributed by atoms with Crippen LogP contribution in [0.3, 0.4) is 0 Å². The number of carboxylic acid groups (broad SMARTS) is 1. The molecule has 5 heteroatoms. The third-order valence-corrected chi connectivity index (χ3v) is 2.47. The molecule has 1 heterocycles. The van der Waals surface area contributed by atoms with Gasteiger partial charge >= 0.3 is 5.97 Å². The molecule has 2 unspecified atom stereocenters. The molecule has 88 valence electrons. The summed E-state index contributed by atoms with van der Waals surface area (Å²) >= 11 is 0. The number of hydrogen-bond donors (Lipinski definition) is 2. The van der Waals surface area contributed by atoms with Gasteiger partial charge in [0.2, 0.25) is 0 Å². The Kier molecular flexibility index (Phi) is 5.01. The van der Waals surface area contributed by atoms with Crippen molar-refractivity contribution >= 4 is 5.97 Å². The summed E-state index contributed by atoms with van der Waals surface area (Å²) in [6.07, 6.45) is 1.40. The Balaban J connectivity index is 2.16. The van der Waals surface area contributed by atoms with E-state index < -0.39 is 12.1 Å². The van der Waals surface area contributed by atoms with Gasteiger partial charge in [0, 0.05) is 19.7 Å². The highest BCUT2D eigenvalue weighted by molar-refractivity contribution is 5.67. The van der Waals surface area contributed by atoms with Crippen molar-refractivity contribution in [2.24, 2.45) is 0 Å². The van der Waals surface area contributed by atoms with Crippen LogP contribution in [0.5, 0.6) is 0 Å². The van der Waals surface area contributed by atoms with E-state index >= 15 is 0 Å². The lowest BCUT2D eigenvalue weighted by Crippen LogP contribution is -2.35. The second-order valence-corrected chi connectivity index (χ2v) is 4.11. The van der Waals surface area contributed by atoms with Crippen LogP contribution in [-0.2, 0) is 9.53 Å². The van der Waals surface area contributed by atoms with Gasteiger partial charge in [0.05, 0.1) is 18.6 Å². The third kappa shape index (κ3) is 5.11. The van der Waals surface area contributed by atoms with Gasteiger partial charge in [-0.3, -0.25) is 4.79 Å². The summed E-state index contributed by atoms with van der Waals surface area (Å²) in [6, 6.07) is 0. The molecule has 0 spiro atoms. The zero-order valence-corrected chi connectivity index (χ0v) is 9.06. The predicted octanol–water partition coefficient (Wildman–Crippen LogP) is -0.0672. The maximum Gasteiger partial charge on any atom is 0.306 e. The number of likely N-dealkylation sites (N-methyl/N-ethyl adjacent to an activating group) is 1. The lowest BCUT2D eigenvalue weighted by Gasteiger charge is -2.22. The molecule has 5 nitrogen and oxygen atoms in total. The first kappa shape index (κ1) is 12.4. The minimum Gasteiger partial charge on any atom is -0.481 e. The van der Waals surface area contributed by atoms with Crippen molar-refractivity contribution in [2.45, 2.75) is 31.5 Å². The van der Waals surface area contributed by atoms with Gasteiger partial charge in [0.15, 0.2) is 0 Å². The van der Waals surface area contributed by atoms with Gasteiger partial charge in [-0.15, -0.1) is 0 Å². The fourth-order valence-corrected chi connectivity index (χ4v) is 1.84. The molecular weight excluding hydrogens is 198 g/mol. The Morgan fingerprint density at radius 2 is 2.40 bits per heavy atom. The fourth-order valence-electron chi connectivity index (χ4n) is 1.84. The Morgan fingerprint density at radius 1 is 1.67 bits per heavy atom. The molecule has 0 amide bonds. The standard InChI is InChI=1S/C10H19NO4/c1-11(6-8(12)5-10(13)14)7-9-3-2-4-15-9/h8-9,12H,2-7H2,1H3,(H,13,14). The molecule has 0 aromatic carbocycles. The molecule has 2 N–H and O–H groups in total. The number of carboxylic acids is 1. The van der Waals surface area contributed by atoms with Gasteiger partial charge in [0.1, 0.15) is 0 Å². The highest BCUT2D eigenvalue weighted by Gasteiger charge is 2.19. The van der Waals surface area contributed by atoms with Gasteiger partial charge in [-0.1, -0.05) is 0 Å². The maximum absolute atomic E-state index is 10.3. The first-order valence-electron chi connectivity index (χ1n) is 5.28. The van der Waals surface area contributed by atoms with Crippen LogP contribution in [0, 0.1) is 0 Å². The minimum absolute atomic E-state index is 0.199. The highest BCUT2D eigenvalue weighted by Crippen LogP contribution is 2.12. The number of rotatable bonds is 6. The van der Waals surface area contributed by atoms with E-state index in [9.17, 15) is 9.90 Å². The minimum atomic E-state index is -0.965. The molecular formula is C10H19NO4. The van der Waals surface area contributed by atoms with Crippen LogP contribution in [0.25, 0.3) is 0 Å². The van der Waals surface area contributed by atoms with Crippen molar-refractivity contribution in [1.29, 1.82) is 0 Å². The van der Waals surface area contributed by atoms with E-state index in [1.807, 2.05) is 11.9 Å². The summed E-state index contributed by atoms with van der Waals surface area (Å²) in [4.78, 5) is 12.3. The molecule has 0 aromatic heterocycles. The largest absolute Gasteiger partial charge is 0.481 e. The maximum atomic E-state index is 10.3. The lowest BCUT2D eigenvalue weighted by atomic mass is 10.2. The Morgan fingerprint density at radius 3 is 2.93 bits per heavy atom. The van der Waals surface area contributed by atoms with Crippen molar-refractivity contribution in [2.75, 3.05) is 26.7 Å². The molecule has 1 aliphatic rings. The summed E-state index contributed by atoms with van der Waals surface area (Å²) in [7, 11) is 1.87. The Bertz CT molecular complexity index is 204. The van der Waals surface area contributed by atoms with Crippen LogP contribution >= 0.6 is 0 Å². The third-order valence-electron chi connectivity index (χ3n) is 2.47. The van der Waals surface area contributed by atoms with Crippen molar-refractivity contribution in [3.05, 3.63) is 0 Å². The second-order valence-electron chi connectivity index (χ2n) is 4.11. The molecule has 0 aromatic rings. The first-order chi connectivity index (χ1) is 7.08. The van der Waals surface area contributed by atoms with Crippen LogP contribution in [0.15, 0.2) is 0 Å². The van der Waals surface area contributed by atoms with E-state index in [2.05, 4.69) is 0 Å². The molecule has 0 radical (unpaired) electrons. The SMILES string of the molecule is CN(CC(O)CC(=O)O)CC1CCCO1. The van der Waals surface area contributed by atoms with Gasteiger partial charge in [0.25, 0.3) is 0 Å². The van der Waals surface area contributed by atoms with Crippen LogP contribution in [0.1, 0.15) is 19.3 Å². The average Bonchev–Trinajstić information content (AvgIpc) is 2.53. The van der Waals surface area contributed by atoms with Crippen LogP contribution in [0.2, 0.25) is 0 Å². The lowest BCUT2D eigenvalue weighted by molar-refractivity contribution is -0.139. The van der Waals surface area contributed by atoms with Gasteiger partial charge < -0.3 is 19.8 Å². The van der Waals surface area contributed by atoms with E-state index in [0.717, 1.165) is 26.0 Å². The van der Waals surface area contributed by atoms with E-state index in [1.165, 1.54) is 0 Å². The van der Waals surface area contributed by atoms with E-state index in [-0.39, 0.29) is 12.5 Å². The van der Waals surface area contributed by atoms with Crippen molar-refractivity contribution in [3.8, 4) is 0 Å². The Labute approximate surface area is 89.6 Å². The molecule has 0 bridgehead atoms. The number of aliphatic hydroxyl groups excluding tert-OH is 1. The number of aliphatic carboxylic acids is 1. The molecule has 1 fully saturated rings. The monoisotopic (exact) mass is 217 g/mol. The normalized spacial score (nSPS) is 23.3.